The van der Waals surface area contributed by atoms with E-state index < -0.39 is 5.82 Å². The smallest absolute Gasteiger partial charge is 0.257 e. The molecule has 2 atom stereocenters. The molecule has 0 aliphatic carbocycles. The predicted molar refractivity (Wildman–Crippen MR) is 121 cm³/mol. The number of hydrogen-bond acceptors (Lipinski definition) is 6. The standard InChI is InChI=1S/C22H25FN8O/c1-12-8-30(9-13(2)24-12)18-6-5-16(20-19(18)27-28-29(20)4)22(32)26-15-7-17(23)21-25-14(3)10-31(21)11-15/h5-7,10-13,24H,8-9H2,1-4H3,(H,26,32)/t12-,13-/m1/s1. The number of nitrogens with one attached hydrogen (secondary N) is 2. The number of aromatic nitrogens is 5. The number of nitrogens with zero attached hydrogens (tertiary/aromatic N) is 6. The molecule has 1 aliphatic heterocycles. The maximum Gasteiger partial charge on any atom is 0.257 e. The number of imidazole rings is 1. The van der Waals surface area contributed by atoms with E-state index in [-0.39, 0.29) is 11.6 Å². The molecule has 9 nitrogen and oxygen atoms in total. The molecule has 166 valence electrons. The molecule has 0 radical (unpaired) electrons. The minimum absolute atomic E-state index is 0.225. The second-order valence-corrected chi connectivity index (χ2v) is 8.56. The van der Waals surface area contributed by atoms with E-state index in [4.69, 9.17) is 0 Å². The summed E-state index contributed by atoms with van der Waals surface area (Å²) in [5.41, 5.74) is 3.95. The highest BCUT2D eigenvalue weighted by Crippen LogP contribution is 2.29. The van der Waals surface area contributed by atoms with Gasteiger partial charge in [-0.15, -0.1) is 5.10 Å². The van der Waals surface area contributed by atoms with E-state index in [1.807, 2.05) is 6.07 Å². The molecular formula is C22H25FN8O. The lowest BCUT2D eigenvalue weighted by Gasteiger charge is -2.37. The van der Waals surface area contributed by atoms with Crippen LogP contribution < -0.4 is 15.5 Å². The summed E-state index contributed by atoms with van der Waals surface area (Å²) in [6.07, 6.45) is 3.36. The van der Waals surface area contributed by atoms with Gasteiger partial charge in [0, 0.05) is 50.7 Å². The van der Waals surface area contributed by atoms with Gasteiger partial charge in [-0.2, -0.15) is 0 Å². The van der Waals surface area contributed by atoms with E-state index in [1.165, 1.54) is 6.07 Å². The van der Waals surface area contributed by atoms with Crippen LogP contribution in [-0.4, -0.2) is 55.5 Å². The number of aryl methyl sites for hydroxylation is 2. The molecule has 0 bridgehead atoms. The Morgan fingerprint density at radius 2 is 1.97 bits per heavy atom. The van der Waals surface area contributed by atoms with Crippen LogP contribution in [0, 0.1) is 12.7 Å². The largest absolute Gasteiger partial charge is 0.367 e. The van der Waals surface area contributed by atoms with Gasteiger partial charge >= 0.3 is 0 Å². The number of piperazine rings is 1. The van der Waals surface area contributed by atoms with Gasteiger partial charge in [-0.3, -0.25) is 4.79 Å². The summed E-state index contributed by atoms with van der Waals surface area (Å²) in [6.45, 7) is 7.76. The molecule has 10 heteroatoms. The Balaban J connectivity index is 1.51. The van der Waals surface area contributed by atoms with Crippen molar-refractivity contribution < 1.29 is 9.18 Å². The molecule has 1 amide bonds. The van der Waals surface area contributed by atoms with E-state index in [0.29, 0.717) is 40.1 Å². The fraction of sp³-hybridized carbons (Fsp3) is 0.364. The zero-order chi connectivity index (χ0) is 22.6. The molecule has 1 aliphatic rings. The maximum atomic E-state index is 14.4. The van der Waals surface area contributed by atoms with Crippen molar-refractivity contribution >= 4 is 34.0 Å². The van der Waals surface area contributed by atoms with Gasteiger partial charge in [0.1, 0.15) is 11.0 Å². The maximum absolute atomic E-state index is 14.4. The van der Waals surface area contributed by atoms with Crippen molar-refractivity contribution in [2.75, 3.05) is 23.3 Å². The molecular weight excluding hydrogens is 411 g/mol. The number of amides is 1. The molecule has 0 unspecified atom stereocenters. The molecule has 1 saturated heterocycles. The Hall–Kier alpha value is -3.53. The molecule has 2 N–H and O–H groups in total. The van der Waals surface area contributed by atoms with Crippen molar-refractivity contribution in [1.82, 2.24) is 29.7 Å². The summed E-state index contributed by atoms with van der Waals surface area (Å²) >= 11 is 0. The highest BCUT2D eigenvalue weighted by molar-refractivity contribution is 6.13. The quantitative estimate of drug-likeness (QED) is 0.513. The molecule has 0 saturated carbocycles. The number of carbonyl (C=O) groups excluding carboxylic acids is 1. The van der Waals surface area contributed by atoms with Crippen molar-refractivity contribution in [3.05, 3.63) is 47.7 Å². The molecule has 32 heavy (non-hydrogen) atoms. The van der Waals surface area contributed by atoms with Crippen LogP contribution in [0.5, 0.6) is 0 Å². The lowest BCUT2D eigenvalue weighted by atomic mass is 10.1. The van der Waals surface area contributed by atoms with E-state index in [9.17, 15) is 9.18 Å². The zero-order valence-corrected chi connectivity index (χ0v) is 18.4. The number of anilines is 2. The first-order valence-corrected chi connectivity index (χ1v) is 10.6. The second-order valence-electron chi connectivity index (χ2n) is 8.56. The summed E-state index contributed by atoms with van der Waals surface area (Å²) in [7, 11) is 1.76. The van der Waals surface area contributed by atoms with Crippen molar-refractivity contribution in [2.45, 2.75) is 32.9 Å². The zero-order valence-electron chi connectivity index (χ0n) is 18.4. The fourth-order valence-electron chi connectivity index (χ4n) is 4.56. The van der Waals surface area contributed by atoms with Crippen LogP contribution in [0.3, 0.4) is 0 Å². The summed E-state index contributed by atoms with van der Waals surface area (Å²) in [6, 6.07) is 5.65. The van der Waals surface area contributed by atoms with Gasteiger partial charge in [-0.25, -0.2) is 14.1 Å². The molecule has 0 spiro atoms. The van der Waals surface area contributed by atoms with E-state index in [1.54, 1.807) is 41.5 Å². The summed E-state index contributed by atoms with van der Waals surface area (Å²) < 4.78 is 17.6. The van der Waals surface area contributed by atoms with Crippen molar-refractivity contribution in [1.29, 1.82) is 0 Å². The third-order valence-electron chi connectivity index (χ3n) is 5.76. The topological polar surface area (TPSA) is 92.4 Å². The van der Waals surface area contributed by atoms with Crippen LogP contribution in [0.4, 0.5) is 15.8 Å². The first kappa shape index (κ1) is 20.4. The van der Waals surface area contributed by atoms with Gasteiger partial charge in [0.05, 0.1) is 22.6 Å². The molecule has 1 fully saturated rings. The number of halogens is 1. The number of benzene rings is 1. The van der Waals surface area contributed by atoms with Crippen LogP contribution >= 0.6 is 0 Å². The first-order valence-electron chi connectivity index (χ1n) is 10.6. The number of rotatable bonds is 3. The molecule has 4 heterocycles. The van der Waals surface area contributed by atoms with Crippen LogP contribution in [0.15, 0.2) is 30.6 Å². The second kappa shape index (κ2) is 7.56. The van der Waals surface area contributed by atoms with E-state index >= 15 is 0 Å². The minimum atomic E-state index is -0.499. The monoisotopic (exact) mass is 436 g/mol. The highest BCUT2D eigenvalue weighted by atomic mass is 19.1. The average Bonchev–Trinajstić information content (AvgIpc) is 3.29. The van der Waals surface area contributed by atoms with E-state index in [2.05, 4.69) is 44.7 Å². The Morgan fingerprint density at radius 1 is 1.22 bits per heavy atom. The molecule has 3 aromatic heterocycles. The Bertz CT molecular complexity index is 1330. The lowest BCUT2D eigenvalue weighted by Crippen LogP contribution is -2.54. The van der Waals surface area contributed by atoms with Crippen molar-refractivity contribution in [2.24, 2.45) is 7.05 Å². The normalized spacial score (nSPS) is 19.1. The van der Waals surface area contributed by atoms with Crippen LogP contribution in [0.2, 0.25) is 0 Å². The first-order chi connectivity index (χ1) is 15.3. The summed E-state index contributed by atoms with van der Waals surface area (Å²) in [5.74, 6) is -0.856. The van der Waals surface area contributed by atoms with Gasteiger partial charge in [0.2, 0.25) is 0 Å². The van der Waals surface area contributed by atoms with Gasteiger partial charge < -0.3 is 19.9 Å². The number of pyridine rings is 1. The third kappa shape index (κ3) is 3.46. The van der Waals surface area contributed by atoms with Crippen LogP contribution in [-0.2, 0) is 7.05 Å². The summed E-state index contributed by atoms with van der Waals surface area (Å²) in [4.78, 5) is 19.6. The van der Waals surface area contributed by atoms with Gasteiger partial charge in [0.15, 0.2) is 11.5 Å². The lowest BCUT2D eigenvalue weighted by molar-refractivity contribution is 0.102. The molecule has 1 aromatic carbocycles. The van der Waals surface area contributed by atoms with Crippen molar-refractivity contribution in [3.63, 3.8) is 0 Å². The predicted octanol–water partition coefficient (Wildman–Crippen LogP) is 2.50. The van der Waals surface area contributed by atoms with Gasteiger partial charge in [-0.1, -0.05) is 5.21 Å². The SMILES string of the molecule is Cc1cn2cc(NC(=O)c3ccc(N4C[C@@H](C)N[C@H](C)C4)c4nnn(C)c34)cc(F)c2n1. The van der Waals surface area contributed by atoms with Gasteiger partial charge in [0.25, 0.3) is 5.91 Å². The minimum Gasteiger partial charge on any atom is -0.367 e. The van der Waals surface area contributed by atoms with Gasteiger partial charge in [-0.05, 0) is 32.9 Å². The third-order valence-corrected chi connectivity index (χ3v) is 5.76. The average molecular weight is 436 g/mol. The molecule has 4 aromatic rings. The molecule has 5 rings (SSSR count). The Morgan fingerprint density at radius 3 is 2.72 bits per heavy atom. The van der Waals surface area contributed by atoms with E-state index in [0.717, 1.165) is 18.8 Å². The Kier molecular flexibility index (Phi) is 4.81. The van der Waals surface area contributed by atoms with Crippen LogP contribution in [0.25, 0.3) is 16.7 Å². The highest BCUT2D eigenvalue weighted by Gasteiger charge is 2.26. The summed E-state index contributed by atoms with van der Waals surface area (Å²) in [5, 5.41) is 14.8. The van der Waals surface area contributed by atoms with Crippen molar-refractivity contribution in [3.8, 4) is 0 Å². The number of fused-ring (bicyclic) bond motifs is 2. The van der Waals surface area contributed by atoms with Crippen LogP contribution in [0.1, 0.15) is 29.9 Å². The Labute approximate surface area is 184 Å². The number of carbonyl (C=O) groups is 1. The number of hydrogen-bond donors (Lipinski definition) is 2. The fourth-order valence-corrected chi connectivity index (χ4v) is 4.56.